The van der Waals surface area contributed by atoms with Crippen molar-refractivity contribution in [3.63, 3.8) is 0 Å². The van der Waals surface area contributed by atoms with Gasteiger partial charge in [0, 0.05) is 6.08 Å². The number of carbonyl (C=O) groups is 1. The van der Waals surface area contributed by atoms with Gasteiger partial charge in [0.05, 0.1) is 36.5 Å². The van der Waals surface area contributed by atoms with Crippen molar-refractivity contribution in [2.75, 3.05) is 39.4 Å². The van der Waals surface area contributed by atoms with Gasteiger partial charge in [0.15, 0.2) is 0 Å². The van der Waals surface area contributed by atoms with Crippen LogP contribution in [-0.4, -0.2) is 50.3 Å². The number of para-hydroxylation sites is 1. The first-order valence-corrected chi connectivity index (χ1v) is 8.36. The molecule has 0 radical (unpaired) electrons. The lowest BCUT2D eigenvalue weighted by atomic mass is 10.3. The SMILES string of the molecule is O=C(/C=C/c1nc2ccccc2s1)NCC[NH+]1CCOCC1. The first-order chi connectivity index (χ1) is 10.8. The van der Waals surface area contributed by atoms with Crippen LogP contribution in [0, 0.1) is 0 Å². The van der Waals surface area contributed by atoms with Gasteiger partial charge in [0.25, 0.3) is 0 Å². The maximum atomic E-state index is 11.8. The van der Waals surface area contributed by atoms with E-state index in [1.165, 1.54) is 4.90 Å². The molecule has 5 nitrogen and oxygen atoms in total. The van der Waals surface area contributed by atoms with Crippen molar-refractivity contribution in [1.82, 2.24) is 10.3 Å². The fourth-order valence-corrected chi connectivity index (χ4v) is 3.31. The number of amides is 1. The van der Waals surface area contributed by atoms with Crippen LogP contribution in [0.25, 0.3) is 16.3 Å². The molecule has 0 atom stereocenters. The molecule has 2 aromatic rings. The van der Waals surface area contributed by atoms with E-state index in [-0.39, 0.29) is 5.91 Å². The highest BCUT2D eigenvalue weighted by atomic mass is 32.1. The van der Waals surface area contributed by atoms with E-state index in [4.69, 9.17) is 4.74 Å². The van der Waals surface area contributed by atoms with Crippen LogP contribution in [0.15, 0.2) is 30.3 Å². The quantitative estimate of drug-likeness (QED) is 0.782. The van der Waals surface area contributed by atoms with Crippen molar-refractivity contribution in [3.8, 4) is 0 Å². The molecule has 1 amide bonds. The Kier molecular flexibility index (Phi) is 5.15. The number of aromatic nitrogens is 1. The highest BCUT2D eigenvalue weighted by molar-refractivity contribution is 7.19. The fourth-order valence-electron chi connectivity index (χ4n) is 2.44. The summed E-state index contributed by atoms with van der Waals surface area (Å²) in [7, 11) is 0. The van der Waals surface area contributed by atoms with Gasteiger partial charge in [0.2, 0.25) is 5.91 Å². The number of rotatable bonds is 5. The van der Waals surface area contributed by atoms with Crippen molar-refractivity contribution < 1.29 is 14.4 Å². The Morgan fingerprint density at radius 2 is 2.18 bits per heavy atom. The van der Waals surface area contributed by atoms with Gasteiger partial charge in [-0.2, -0.15) is 0 Å². The molecule has 0 saturated carbocycles. The van der Waals surface area contributed by atoms with Gasteiger partial charge in [0.1, 0.15) is 18.1 Å². The van der Waals surface area contributed by atoms with E-state index >= 15 is 0 Å². The van der Waals surface area contributed by atoms with E-state index in [1.807, 2.05) is 24.3 Å². The fraction of sp³-hybridized carbons (Fsp3) is 0.375. The van der Waals surface area contributed by atoms with Gasteiger partial charge in [-0.1, -0.05) is 12.1 Å². The molecule has 1 aromatic heterocycles. The number of hydrogen-bond acceptors (Lipinski definition) is 4. The molecule has 1 aliphatic rings. The summed E-state index contributed by atoms with van der Waals surface area (Å²) >= 11 is 1.59. The van der Waals surface area contributed by atoms with Crippen LogP contribution in [-0.2, 0) is 9.53 Å². The number of quaternary nitrogens is 1. The Labute approximate surface area is 133 Å². The summed E-state index contributed by atoms with van der Waals surface area (Å²) in [6.07, 6.45) is 3.34. The molecule has 2 heterocycles. The Morgan fingerprint density at radius 1 is 1.36 bits per heavy atom. The summed E-state index contributed by atoms with van der Waals surface area (Å²) in [6, 6.07) is 7.98. The monoisotopic (exact) mass is 318 g/mol. The molecular weight excluding hydrogens is 298 g/mol. The van der Waals surface area contributed by atoms with E-state index < -0.39 is 0 Å². The summed E-state index contributed by atoms with van der Waals surface area (Å²) < 4.78 is 6.45. The number of nitrogens with zero attached hydrogens (tertiary/aromatic N) is 1. The third-order valence-corrected chi connectivity index (χ3v) is 4.67. The van der Waals surface area contributed by atoms with Crippen LogP contribution in [0.5, 0.6) is 0 Å². The Hall–Kier alpha value is -1.76. The van der Waals surface area contributed by atoms with E-state index in [9.17, 15) is 4.79 Å². The molecule has 0 unspecified atom stereocenters. The predicted molar refractivity (Wildman–Crippen MR) is 88.0 cm³/mol. The molecule has 6 heteroatoms. The predicted octanol–water partition coefficient (Wildman–Crippen LogP) is 0.341. The number of hydrogen-bond donors (Lipinski definition) is 2. The Morgan fingerprint density at radius 3 is 3.00 bits per heavy atom. The second-order valence-corrected chi connectivity index (χ2v) is 6.32. The molecule has 0 aliphatic carbocycles. The normalized spacial score (nSPS) is 16.4. The molecule has 1 aliphatic heterocycles. The highest BCUT2D eigenvalue weighted by Gasteiger charge is 2.12. The number of thiazole rings is 1. The van der Waals surface area contributed by atoms with E-state index in [1.54, 1.807) is 23.5 Å². The molecule has 22 heavy (non-hydrogen) atoms. The van der Waals surface area contributed by atoms with Crippen LogP contribution in [0.2, 0.25) is 0 Å². The average molecular weight is 318 g/mol. The zero-order valence-electron chi connectivity index (χ0n) is 12.4. The lowest BCUT2D eigenvalue weighted by Gasteiger charge is -2.23. The molecule has 0 spiro atoms. The smallest absolute Gasteiger partial charge is 0.244 e. The third kappa shape index (κ3) is 4.13. The molecule has 3 rings (SSSR count). The van der Waals surface area contributed by atoms with Crippen LogP contribution in [0.4, 0.5) is 0 Å². The van der Waals surface area contributed by atoms with Gasteiger partial charge in [-0.15, -0.1) is 11.3 Å². The minimum Gasteiger partial charge on any atom is -0.370 e. The zero-order chi connectivity index (χ0) is 15.2. The number of ether oxygens (including phenoxy) is 1. The summed E-state index contributed by atoms with van der Waals surface area (Å²) in [5.74, 6) is -0.0630. The van der Waals surface area contributed by atoms with Gasteiger partial charge >= 0.3 is 0 Å². The summed E-state index contributed by atoms with van der Waals surface area (Å²) in [6.45, 7) is 5.33. The maximum absolute atomic E-state index is 11.8. The van der Waals surface area contributed by atoms with E-state index in [2.05, 4.69) is 10.3 Å². The second-order valence-electron chi connectivity index (χ2n) is 5.26. The number of fused-ring (bicyclic) bond motifs is 1. The highest BCUT2D eigenvalue weighted by Crippen LogP contribution is 2.22. The molecule has 1 fully saturated rings. The largest absolute Gasteiger partial charge is 0.370 e. The van der Waals surface area contributed by atoms with Gasteiger partial charge in [-0.3, -0.25) is 4.79 Å². The zero-order valence-corrected chi connectivity index (χ0v) is 13.2. The van der Waals surface area contributed by atoms with Crippen molar-refractivity contribution in [2.45, 2.75) is 0 Å². The molecule has 116 valence electrons. The van der Waals surface area contributed by atoms with Gasteiger partial charge in [-0.25, -0.2) is 4.98 Å². The molecule has 1 saturated heterocycles. The van der Waals surface area contributed by atoms with Crippen LogP contribution in [0.1, 0.15) is 5.01 Å². The topological polar surface area (TPSA) is 55.7 Å². The standard InChI is InChI=1S/C16H19N3O2S/c20-15(17-7-8-19-9-11-21-12-10-19)5-6-16-18-13-3-1-2-4-14(13)22-16/h1-6H,7-12H2,(H,17,20)/p+1/b6-5+. The van der Waals surface area contributed by atoms with E-state index in [0.29, 0.717) is 6.54 Å². The summed E-state index contributed by atoms with van der Waals surface area (Å²) in [5, 5.41) is 3.78. The number of nitrogens with one attached hydrogen (secondary N) is 2. The molecule has 0 bridgehead atoms. The minimum absolute atomic E-state index is 0.0630. The van der Waals surface area contributed by atoms with Gasteiger partial charge < -0.3 is 15.0 Å². The first kappa shape index (κ1) is 15.1. The molecule has 2 N–H and O–H groups in total. The van der Waals surface area contributed by atoms with Crippen LogP contribution >= 0.6 is 11.3 Å². The van der Waals surface area contributed by atoms with Gasteiger partial charge in [-0.05, 0) is 18.2 Å². The minimum atomic E-state index is -0.0630. The summed E-state index contributed by atoms with van der Waals surface area (Å²) in [5.41, 5.74) is 0.975. The second kappa shape index (κ2) is 7.49. The van der Waals surface area contributed by atoms with Crippen molar-refractivity contribution in [3.05, 3.63) is 35.3 Å². The Balaban J connectivity index is 1.46. The average Bonchev–Trinajstić information content (AvgIpc) is 2.97. The van der Waals surface area contributed by atoms with Crippen molar-refractivity contribution in [2.24, 2.45) is 0 Å². The number of morpholine rings is 1. The maximum Gasteiger partial charge on any atom is 0.244 e. The number of carbonyl (C=O) groups excluding carboxylic acids is 1. The lowest BCUT2D eigenvalue weighted by Crippen LogP contribution is -3.14. The Bertz CT molecular complexity index is 629. The molecule has 1 aromatic carbocycles. The van der Waals surface area contributed by atoms with Crippen LogP contribution in [0.3, 0.4) is 0 Å². The van der Waals surface area contributed by atoms with Crippen LogP contribution < -0.4 is 10.2 Å². The first-order valence-electron chi connectivity index (χ1n) is 7.54. The van der Waals surface area contributed by atoms with Crippen molar-refractivity contribution >= 4 is 33.5 Å². The lowest BCUT2D eigenvalue weighted by molar-refractivity contribution is -0.906. The third-order valence-electron chi connectivity index (χ3n) is 3.67. The van der Waals surface area contributed by atoms with E-state index in [0.717, 1.165) is 48.1 Å². The summed E-state index contributed by atoms with van der Waals surface area (Å²) in [4.78, 5) is 17.8. The number of benzene rings is 1. The van der Waals surface area contributed by atoms with Crippen molar-refractivity contribution in [1.29, 1.82) is 0 Å². The molecular formula is C16H20N3O2S+.